The van der Waals surface area contributed by atoms with Gasteiger partial charge in [-0.15, -0.1) is 0 Å². The van der Waals surface area contributed by atoms with E-state index in [0.717, 1.165) is 6.42 Å². The first-order chi connectivity index (χ1) is 4.70. The number of hydrogen-bond acceptors (Lipinski definition) is 2. The molecule has 58 valence electrons. The fourth-order valence-electron chi connectivity index (χ4n) is 2.05. The lowest BCUT2D eigenvalue weighted by Crippen LogP contribution is -2.33. The molecule has 0 aromatic rings. The highest BCUT2D eigenvalue weighted by atomic mass is 16.6. The summed E-state index contributed by atoms with van der Waals surface area (Å²) in [7, 11) is 0. The molecule has 1 aliphatic carbocycles. The zero-order valence-electron chi connectivity index (χ0n) is 6.45. The lowest BCUT2D eigenvalue weighted by Gasteiger charge is -2.24. The molecule has 0 aromatic heterocycles. The van der Waals surface area contributed by atoms with Crippen LogP contribution in [0.4, 0.5) is 0 Å². The van der Waals surface area contributed by atoms with Crippen molar-refractivity contribution in [3.8, 4) is 0 Å². The minimum Gasteiger partial charge on any atom is -0.390 e. The first kappa shape index (κ1) is 6.62. The van der Waals surface area contributed by atoms with E-state index in [-0.39, 0.29) is 12.2 Å². The molecular weight excluding hydrogens is 128 g/mol. The van der Waals surface area contributed by atoms with Gasteiger partial charge in [-0.1, -0.05) is 13.8 Å². The van der Waals surface area contributed by atoms with Crippen LogP contribution in [0.15, 0.2) is 0 Å². The zero-order valence-corrected chi connectivity index (χ0v) is 6.45. The van der Waals surface area contributed by atoms with Gasteiger partial charge in [0.1, 0.15) is 6.10 Å². The molecule has 2 heteroatoms. The minimum atomic E-state index is -0.193. The normalized spacial score (nSPS) is 59.7. The summed E-state index contributed by atoms with van der Waals surface area (Å²) in [5, 5.41) is 9.48. The summed E-state index contributed by atoms with van der Waals surface area (Å²) in [4.78, 5) is 0. The predicted molar refractivity (Wildman–Crippen MR) is 37.6 cm³/mol. The molecule has 2 fully saturated rings. The van der Waals surface area contributed by atoms with Gasteiger partial charge in [-0.2, -0.15) is 0 Å². The molecule has 0 amide bonds. The first-order valence-corrected chi connectivity index (χ1v) is 4.03. The van der Waals surface area contributed by atoms with E-state index in [1.54, 1.807) is 0 Å². The molecule has 1 saturated carbocycles. The molecule has 2 rings (SSSR count). The lowest BCUT2D eigenvalue weighted by molar-refractivity contribution is 0.0708. The van der Waals surface area contributed by atoms with Gasteiger partial charge in [0, 0.05) is 0 Å². The van der Waals surface area contributed by atoms with Crippen LogP contribution in [0.5, 0.6) is 0 Å². The summed E-state index contributed by atoms with van der Waals surface area (Å²) in [6.07, 6.45) is 1.48. The van der Waals surface area contributed by atoms with Crippen LogP contribution in [0, 0.1) is 11.8 Å². The molecule has 0 radical (unpaired) electrons. The summed E-state index contributed by atoms with van der Waals surface area (Å²) < 4.78 is 5.32. The van der Waals surface area contributed by atoms with Gasteiger partial charge in [0.15, 0.2) is 0 Å². The fourth-order valence-corrected chi connectivity index (χ4v) is 2.05. The van der Waals surface area contributed by atoms with Gasteiger partial charge >= 0.3 is 0 Å². The van der Waals surface area contributed by atoms with E-state index < -0.39 is 0 Å². The van der Waals surface area contributed by atoms with Crippen LogP contribution in [0.3, 0.4) is 0 Å². The minimum absolute atomic E-state index is 0.179. The van der Waals surface area contributed by atoms with Crippen molar-refractivity contribution in [3.63, 3.8) is 0 Å². The average molecular weight is 142 g/mol. The maximum Gasteiger partial charge on any atom is 0.110 e. The van der Waals surface area contributed by atoms with Gasteiger partial charge in [0.2, 0.25) is 0 Å². The Labute approximate surface area is 61.2 Å². The third-order valence-electron chi connectivity index (χ3n) is 2.79. The Morgan fingerprint density at radius 1 is 1.20 bits per heavy atom. The van der Waals surface area contributed by atoms with Crippen molar-refractivity contribution >= 4 is 0 Å². The number of aliphatic hydroxyl groups is 1. The highest BCUT2D eigenvalue weighted by Gasteiger charge is 2.53. The summed E-state index contributed by atoms with van der Waals surface area (Å²) in [5.41, 5.74) is 0. The molecule has 0 spiro atoms. The number of ether oxygens (including phenoxy) is 1. The van der Waals surface area contributed by atoms with Gasteiger partial charge in [-0.25, -0.2) is 0 Å². The maximum absolute atomic E-state index is 9.48. The molecule has 1 saturated heterocycles. The second-order valence-corrected chi connectivity index (χ2v) is 3.75. The zero-order chi connectivity index (χ0) is 7.30. The topological polar surface area (TPSA) is 32.8 Å². The van der Waals surface area contributed by atoms with Crippen molar-refractivity contribution in [3.05, 3.63) is 0 Å². The third-order valence-corrected chi connectivity index (χ3v) is 2.79. The van der Waals surface area contributed by atoms with Gasteiger partial charge in [-0.05, 0) is 18.3 Å². The molecule has 1 aliphatic heterocycles. The number of epoxide rings is 1. The van der Waals surface area contributed by atoms with E-state index >= 15 is 0 Å². The molecule has 0 bridgehead atoms. The van der Waals surface area contributed by atoms with E-state index in [0.29, 0.717) is 17.9 Å². The molecule has 10 heavy (non-hydrogen) atoms. The average Bonchev–Trinajstić information content (AvgIpc) is 2.61. The second-order valence-electron chi connectivity index (χ2n) is 3.75. The lowest BCUT2D eigenvalue weighted by atomic mass is 9.81. The Hall–Kier alpha value is -0.0800. The largest absolute Gasteiger partial charge is 0.390 e. The smallest absolute Gasteiger partial charge is 0.110 e. The van der Waals surface area contributed by atoms with Crippen molar-refractivity contribution in [1.82, 2.24) is 0 Å². The summed E-state index contributed by atoms with van der Waals surface area (Å²) in [6, 6.07) is 0. The van der Waals surface area contributed by atoms with Gasteiger partial charge in [0.25, 0.3) is 0 Å². The molecule has 5 atom stereocenters. The Morgan fingerprint density at radius 2 is 1.90 bits per heavy atom. The third kappa shape index (κ3) is 0.789. The van der Waals surface area contributed by atoms with Crippen LogP contribution in [0.2, 0.25) is 0 Å². The number of fused-ring (bicyclic) bond motifs is 1. The monoisotopic (exact) mass is 142 g/mol. The summed E-state index contributed by atoms with van der Waals surface area (Å²) in [5.74, 6) is 1.09. The van der Waals surface area contributed by atoms with Gasteiger partial charge in [0.05, 0.1) is 12.2 Å². The summed E-state index contributed by atoms with van der Waals surface area (Å²) in [6.45, 7) is 4.30. The van der Waals surface area contributed by atoms with Crippen LogP contribution < -0.4 is 0 Å². The van der Waals surface area contributed by atoms with Crippen molar-refractivity contribution in [1.29, 1.82) is 0 Å². The van der Waals surface area contributed by atoms with Crippen LogP contribution in [0.1, 0.15) is 20.3 Å². The molecule has 2 aliphatic rings. The van der Waals surface area contributed by atoms with Gasteiger partial charge in [-0.3, -0.25) is 0 Å². The van der Waals surface area contributed by atoms with Crippen molar-refractivity contribution < 1.29 is 9.84 Å². The standard InChI is InChI=1S/C8H14O2/c1-4-3-5(2)7-8(10-7)6(4)9/h4-9H,3H2,1-2H3/t4-,5+,6+,7-,8+/m1/s1. The van der Waals surface area contributed by atoms with Crippen LogP contribution in [-0.2, 0) is 4.74 Å². The number of hydrogen-bond donors (Lipinski definition) is 1. The van der Waals surface area contributed by atoms with Crippen molar-refractivity contribution in [2.75, 3.05) is 0 Å². The first-order valence-electron chi connectivity index (χ1n) is 4.03. The Morgan fingerprint density at radius 3 is 2.60 bits per heavy atom. The quantitative estimate of drug-likeness (QED) is 0.507. The highest BCUT2D eigenvalue weighted by molar-refractivity contribution is 5.00. The summed E-state index contributed by atoms with van der Waals surface area (Å²) >= 11 is 0. The van der Waals surface area contributed by atoms with E-state index in [9.17, 15) is 5.11 Å². The Kier molecular flexibility index (Phi) is 1.29. The Bertz CT molecular complexity index is 144. The maximum atomic E-state index is 9.48. The van der Waals surface area contributed by atoms with E-state index in [4.69, 9.17) is 4.74 Å². The van der Waals surface area contributed by atoms with Crippen LogP contribution >= 0.6 is 0 Å². The molecule has 2 nitrogen and oxygen atoms in total. The SMILES string of the molecule is C[C@@H]1C[C@H](C)[C@H]2O[C@H]2[C@H]1O. The Balaban J connectivity index is 2.05. The van der Waals surface area contributed by atoms with Crippen molar-refractivity contribution in [2.45, 2.75) is 38.6 Å². The van der Waals surface area contributed by atoms with E-state index in [2.05, 4.69) is 13.8 Å². The fraction of sp³-hybridized carbons (Fsp3) is 1.00. The second kappa shape index (κ2) is 1.95. The molecule has 1 N–H and O–H groups in total. The predicted octanol–water partition coefficient (Wildman–Crippen LogP) is 0.791. The molecule has 1 heterocycles. The molecular formula is C8H14O2. The van der Waals surface area contributed by atoms with E-state index in [1.165, 1.54) is 0 Å². The molecule has 0 aromatic carbocycles. The van der Waals surface area contributed by atoms with Crippen LogP contribution in [0.25, 0.3) is 0 Å². The van der Waals surface area contributed by atoms with Crippen LogP contribution in [-0.4, -0.2) is 23.4 Å². The van der Waals surface area contributed by atoms with E-state index in [1.807, 2.05) is 0 Å². The molecule has 0 unspecified atom stereocenters. The number of rotatable bonds is 0. The number of aliphatic hydroxyl groups excluding tert-OH is 1. The van der Waals surface area contributed by atoms with Gasteiger partial charge < -0.3 is 9.84 Å². The van der Waals surface area contributed by atoms with Crippen molar-refractivity contribution in [2.24, 2.45) is 11.8 Å². The highest BCUT2D eigenvalue weighted by Crippen LogP contribution is 2.42.